The molecule has 0 aliphatic carbocycles. The minimum absolute atomic E-state index is 0.0460. The van der Waals surface area contributed by atoms with Crippen LogP contribution in [0.2, 0.25) is 0 Å². The molecule has 0 spiro atoms. The zero-order valence-electron chi connectivity index (χ0n) is 4.98. The number of nitrogens with two attached hydrogens (primary N) is 1. The van der Waals surface area contributed by atoms with Crippen molar-refractivity contribution in [3.05, 3.63) is 10.4 Å². The van der Waals surface area contributed by atoms with Crippen LogP contribution in [0, 0.1) is 0 Å². The van der Waals surface area contributed by atoms with E-state index in [9.17, 15) is 0 Å². The lowest BCUT2D eigenvalue weighted by molar-refractivity contribution is 0.212. The molecule has 0 fully saturated rings. The fourth-order valence-corrected chi connectivity index (χ4v) is 0.250. The molecule has 0 radical (unpaired) electrons. The average Bonchev–Trinajstić information content (AvgIpc) is 1.85. The number of azide groups is 1. The van der Waals surface area contributed by atoms with Crippen molar-refractivity contribution in [1.82, 2.24) is 0 Å². The maximum Gasteiger partial charge on any atom is 0.145 e. The van der Waals surface area contributed by atoms with Crippen molar-refractivity contribution in [2.75, 3.05) is 13.7 Å². The molecule has 0 unspecified atom stereocenters. The van der Waals surface area contributed by atoms with E-state index in [0.29, 0.717) is 0 Å². The molecule has 0 atom stereocenters. The summed E-state index contributed by atoms with van der Waals surface area (Å²) in [5, 5.41) is 6.43. The van der Waals surface area contributed by atoms with Crippen molar-refractivity contribution >= 4 is 5.84 Å². The van der Waals surface area contributed by atoms with E-state index in [2.05, 4.69) is 20.0 Å². The van der Waals surface area contributed by atoms with Crippen molar-refractivity contribution in [2.24, 2.45) is 16.0 Å². The van der Waals surface area contributed by atoms with Crippen LogP contribution in [0.3, 0.4) is 0 Å². The molecule has 9 heavy (non-hydrogen) atoms. The first-order valence-electron chi connectivity index (χ1n) is 2.17. The largest absolute Gasteiger partial charge is 0.398 e. The van der Waals surface area contributed by atoms with Crippen molar-refractivity contribution in [3.8, 4) is 0 Å². The lowest BCUT2D eigenvalue weighted by Crippen LogP contribution is -2.14. The lowest BCUT2D eigenvalue weighted by atomic mass is 10.6. The first-order valence-corrected chi connectivity index (χ1v) is 2.17. The molecule has 0 aromatic rings. The highest BCUT2D eigenvalue weighted by atomic mass is 16.6. The molecule has 0 saturated carbocycles. The van der Waals surface area contributed by atoms with Gasteiger partial charge in [0.1, 0.15) is 12.9 Å². The van der Waals surface area contributed by atoms with Gasteiger partial charge in [0.2, 0.25) is 0 Å². The molecule has 0 aliphatic rings. The van der Waals surface area contributed by atoms with E-state index >= 15 is 0 Å². The standard InChI is InChI=1S/C3H7N5O/c1-9-7-3(4)2-6-8-5/h2H2,1H3,(H2,4,7). The topological polar surface area (TPSA) is 96.4 Å². The van der Waals surface area contributed by atoms with Gasteiger partial charge in [0.25, 0.3) is 0 Å². The Morgan fingerprint density at radius 3 is 3.00 bits per heavy atom. The third-order valence-corrected chi connectivity index (χ3v) is 0.504. The van der Waals surface area contributed by atoms with Gasteiger partial charge in [-0.15, -0.1) is 0 Å². The Morgan fingerprint density at radius 2 is 2.56 bits per heavy atom. The van der Waals surface area contributed by atoms with E-state index in [1.165, 1.54) is 7.11 Å². The lowest BCUT2D eigenvalue weighted by Gasteiger charge is -1.89. The Bertz CT molecular complexity index is 146. The highest BCUT2D eigenvalue weighted by Crippen LogP contribution is 1.73. The fraction of sp³-hybridized carbons (Fsp3) is 0.667. The van der Waals surface area contributed by atoms with E-state index in [-0.39, 0.29) is 12.4 Å². The second kappa shape index (κ2) is 4.73. The molecular weight excluding hydrogens is 122 g/mol. The fourth-order valence-electron chi connectivity index (χ4n) is 0.250. The summed E-state index contributed by atoms with van der Waals surface area (Å²) in [7, 11) is 1.36. The number of nitrogens with zero attached hydrogens (tertiary/aromatic N) is 4. The Hall–Kier alpha value is -1.42. The molecule has 0 heterocycles. The molecule has 0 rings (SSSR count). The molecule has 2 N–H and O–H groups in total. The molecule has 50 valence electrons. The first kappa shape index (κ1) is 7.58. The third kappa shape index (κ3) is 4.43. The number of oxime groups is 1. The highest BCUT2D eigenvalue weighted by Gasteiger charge is 1.85. The summed E-state index contributed by atoms with van der Waals surface area (Å²) in [6.45, 7) is 0.0460. The summed E-state index contributed by atoms with van der Waals surface area (Å²) in [5.74, 6) is 0.162. The van der Waals surface area contributed by atoms with Crippen LogP contribution >= 0.6 is 0 Å². The predicted molar refractivity (Wildman–Crippen MR) is 32.6 cm³/mol. The Balaban J connectivity index is 3.61. The predicted octanol–water partition coefficient (Wildman–Crippen LogP) is 0.215. The monoisotopic (exact) mass is 129 g/mol. The van der Waals surface area contributed by atoms with Crippen LogP contribution in [-0.4, -0.2) is 19.5 Å². The molecule has 6 heteroatoms. The summed E-state index contributed by atoms with van der Waals surface area (Å²) < 4.78 is 0. The van der Waals surface area contributed by atoms with Crippen LogP contribution in [-0.2, 0) is 4.84 Å². The van der Waals surface area contributed by atoms with Gasteiger partial charge in [-0.05, 0) is 5.53 Å². The van der Waals surface area contributed by atoms with Gasteiger partial charge in [0.15, 0.2) is 0 Å². The maximum absolute atomic E-state index is 7.79. The van der Waals surface area contributed by atoms with E-state index < -0.39 is 0 Å². The molecule has 0 bridgehead atoms. The average molecular weight is 129 g/mol. The van der Waals surface area contributed by atoms with Crippen LogP contribution in [0.25, 0.3) is 10.4 Å². The second-order valence-electron chi connectivity index (χ2n) is 1.15. The minimum atomic E-state index is 0.0460. The van der Waals surface area contributed by atoms with Gasteiger partial charge in [-0.2, -0.15) is 0 Å². The quantitative estimate of drug-likeness (QED) is 0.147. The zero-order valence-corrected chi connectivity index (χ0v) is 4.98. The van der Waals surface area contributed by atoms with E-state index in [1.807, 2.05) is 0 Å². The minimum Gasteiger partial charge on any atom is -0.398 e. The zero-order chi connectivity index (χ0) is 7.11. The normalized spacial score (nSPS) is 10.1. The summed E-state index contributed by atoms with van der Waals surface area (Å²) in [5.41, 5.74) is 12.9. The van der Waals surface area contributed by atoms with E-state index in [1.54, 1.807) is 0 Å². The summed E-state index contributed by atoms with van der Waals surface area (Å²) in [6.07, 6.45) is 0. The third-order valence-electron chi connectivity index (χ3n) is 0.504. The summed E-state index contributed by atoms with van der Waals surface area (Å²) in [6, 6.07) is 0. The van der Waals surface area contributed by atoms with Gasteiger partial charge in [-0.1, -0.05) is 10.3 Å². The van der Waals surface area contributed by atoms with E-state index in [0.717, 1.165) is 0 Å². The molecule has 0 amide bonds. The molecule has 0 aromatic carbocycles. The molecule has 0 aliphatic heterocycles. The number of hydrogen-bond donors (Lipinski definition) is 1. The van der Waals surface area contributed by atoms with Crippen molar-refractivity contribution in [1.29, 1.82) is 0 Å². The van der Waals surface area contributed by atoms with Gasteiger partial charge < -0.3 is 10.6 Å². The van der Waals surface area contributed by atoms with Crippen LogP contribution in [0.1, 0.15) is 0 Å². The second-order valence-corrected chi connectivity index (χ2v) is 1.15. The van der Waals surface area contributed by atoms with Gasteiger partial charge in [0, 0.05) is 4.91 Å². The Morgan fingerprint density at radius 1 is 1.89 bits per heavy atom. The highest BCUT2D eigenvalue weighted by molar-refractivity contribution is 5.81. The molecule has 0 aromatic heterocycles. The SMILES string of the molecule is CON=C(N)CN=[N+]=[N-]. The molecule has 6 nitrogen and oxygen atoms in total. The van der Waals surface area contributed by atoms with Crippen LogP contribution in [0.4, 0.5) is 0 Å². The summed E-state index contributed by atoms with van der Waals surface area (Å²) >= 11 is 0. The van der Waals surface area contributed by atoms with E-state index in [4.69, 9.17) is 11.3 Å². The summed E-state index contributed by atoms with van der Waals surface area (Å²) in [4.78, 5) is 6.75. The maximum atomic E-state index is 7.79. The van der Waals surface area contributed by atoms with Crippen LogP contribution < -0.4 is 5.73 Å². The number of amidine groups is 1. The van der Waals surface area contributed by atoms with Gasteiger partial charge in [-0.25, -0.2) is 0 Å². The van der Waals surface area contributed by atoms with Crippen molar-refractivity contribution in [3.63, 3.8) is 0 Å². The van der Waals surface area contributed by atoms with Crippen LogP contribution in [0.5, 0.6) is 0 Å². The van der Waals surface area contributed by atoms with Crippen molar-refractivity contribution in [2.45, 2.75) is 0 Å². The Labute approximate surface area is 51.9 Å². The molecular formula is C3H7N5O. The molecule has 0 saturated heterocycles. The van der Waals surface area contributed by atoms with Crippen LogP contribution in [0.15, 0.2) is 10.3 Å². The Kier molecular flexibility index (Phi) is 3.99. The number of rotatable bonds is 3. The van der Waals surface area contributed by atoms with Gasteiger partial charge >= 0.3 is 0 Å². The van der Waals surface area contributed by atoms with Crippen molar-refractivity contribution < 1.29 is 4.84 Å². The smallest absolute Gasteiger partial charge is 0.145 e. The first-order chi connectivity index (χ1) is 4.31. The van der Waals surface area contributed by atoms with Gasteiger partial charge in [0.05, 0.1) is 6.54 Å². The van der Waals surface area contributed by atoms with Gasteiger partial charge in [-0.3, -0.25) is 0 Å². The number of hydrogen-bond acceptors (Lipinski definition) is 3.